The largest absolute Gasteiger partial charge is 0.354 e. The second kappa shape index (κ2) is 8.88. The molecule has 0 saturated carbocycles. The van der Waals surface area contributed by atoms with Crippen LogP contribution in [0.25, 0.3) is 0 Å². The van der Waals surface area contributed by atoms with E-state index >= 15 is 0 Å². The van der Waals surface area contributed by atoms with Gasteiger partial charge in [-0.3, -0.25) is 4.79 Å². The summed E-state index contributed by atoms with van der Waals surface area (Å²) >= 11 is 0. The Labute approximate surface area is 137 Å². The fraction of sp³-hybridized carbons (Fsp3) is 0.389. The first-order valence-electron chi connectivity index (χ1n) is 8.04. The zero-order valence-electron chi connectivity index (χ0n) is 13.7. The summed E-state index contributed by atoms with van der Waals surface area (Å²) < 4.78 is 0. The number of hydrogen-bond donors (Lipinski definition) is 2. The van der Waals surface area contributed by atoms with Crippen LogP contribution < -0.4 is 10.6 Å². The molecule has 5 nitrogen and oxygen atoms in total. The summed E-state index contributed by atoms with van der Waals surface area (Å²) in [6, 6.07) is 11.7. The van der Waals surface area contributed by atoms with E-state index in [1.165, 1.54) is 5.56 Å². The predicted octanol–water partition coefficient (Wildman–Crippen LogP) is 2.91. The van der Waals surface area contributed by atoms with Crippen molar-refractivity contribution in [2.45, 2.75) is 26.7 Å². The van der Waals surface area contributed by atoms with Crippen molar-refractivity contribution in [3.63, 3.8) is 0 Å². The number of carbonyl (C=O) groups is 1. The van der Waals surface area contributed by atoms with E-state index in [4.69, 9.17) is 0 Å². The summed E-state index contributed by atoms with van der Waals surface area (Å²) in [5, 5.41) is 6.04. The number of aromatic nitrogens is 2. The minimum Gasteiger partial charge on any atom is -0.354 e. The molecule has 0 aliphatic carbocycles. The molecule has 1 heterocycles. The van der Waals surface area contributed by atoms with Gasteiger partial charge in [0.05, 0.1) is 0 Å². The SMILES string of the molecule is CC(C)CCNc1nccc(C(=O)NCCc2ccccc2)n1. The molecular formula is C18H24N4O. The van der Waals surface area contributed by atoms with Gasteiger partial charge >= 0.3 is 0 Å². The van der Waals surface area contributed by atoms with Gasteiger partial charge in [0.2, 0.25) is 5.95 Å². The number of benzene rings is 1. The van der Waals surface area contributed by atoms with Gasteiger partial charge in [-0.15, -0.1) is 0 Å². The molecule has 2 rings (SSSR count). The highest BCUT2D eigenvalue weighted by molar-refractivity contribution is 5.92. The maximum Gasteiger partial charge on any atom is 0.270 e. The van der Waals surface area contributed by atoms with Crippen LogP contribution in [-0.4, -0.2) is 29.0 Å². The molecule has 0 bridgehead atoms. The zero-order chi connectivity index (χ0) is 16.5. The van der Waals surface area contributed by atoms with Gasteiger partial charge in [0.15, 0.2) is 0 Å². The van der Waals surface area contributed by atoms with E-state index in [0.29, 0.717) is 24.1 Å². The second-order valence-corrected chi connectivity index (χ2v) is 5.87. The van der Waals surface area contributed by atoms with Crippen LogP contribution in [-0.2, 0) is 6.42 Å². The Bertz CT molecular complexity index is 613. The third-order valence-electron chi connectivity index (χ3n) is 3.44. The number of hydrogen-bond acceptors (Lipinski definition) is 4. The van der Waals surface area contributed by atoms with Crippen LogP contribution in [0.1, 0.15) is 36.3 Å². The van der Waals surface area contributed by atoms with Gasteiger partial charge in [0, 0.05) is 19.3 Å². The number of rotatable bonds is 8. The van der Waals surface area contributed by atoms with Crippen LogP contribution in [0.15, 0.2) is 42.6 Å². The predicted molar refractivity (Wildman–Crippen MR) is 92.5 cm³/mol. The summed E-state index contributed by atoms with van der Waals surface area (Å²) in [4.78, 5) is 20.5. The molecule has 2 N–H and O–H groups in total. The van der Waals surface area contributed by atoms with Crippen LogP contribution in [0.3, 0.4) is 0 Å². The van der Waals surface area contributed by atoms with Gasteiger partial charge in [-0.25, -0.2) is 9.97 Å². The maximum absolute atomic E-state index is 12.1. The van der Waals surface area contributed by atoms with E-state index in [0.717, 1.165) is 19.4 Å². The average molecular weight is 312 g/mol. The Kier molecular flexibility index (Phi) is 6.54. The summed E-state index contributed by atoms with van der Waals surface area (Å²) in [6.07, 6.45) is 3.45. The minimum absolute atomic E-state index is 0.171. The van der Waals surface area contributed by atoms with Crippen LogP contribution in [0.5, 0.6) is 0 Å². The lowest BCUT2D eigenvalue weighted by atomic mass is 10.1. The highest BCUT2D eigenvalue weighted by atomic mass is 16.1. The van der Waals surface area contributed by atoms with Crippen molar-refractivity contribution in [1.82, 2.24) is 15.3 Å². The van der Waals surface area contributed by atoms with E-state index in [9.17, 15) is 4.79 Å². The first kappa shape index (κ1) is 16.9. The third kappa shape index (κ3) is 6.06. The van der Waals surface area contributed by atoms with Crippen LogP contribution >= 0.6 is 0 Å². The molecule has 5 heteroatoms. The highest BCUT2D eigenvalue weighted by Gasteiger charge is 2.08. The Morgan fingerprint density at radius 1 is 1.13 bits per heavy atom. The van der Waals surface area contributed by atoms with E-state index in [1.807, 2.05) is 30.3 Å². The summed E-state index contributed by atoms with van der Waals surface area (Å²) in [5.74, 6) is 0.948. The quantitative estimate of drug-likeness (QED) is 0.786. The smallest absolute Gasteiger partial charge is 0.270 e. The first-order valence-corrected chi connectivity index (χ1v) is 8.04. The number of amides is 1. The maximum atomic E-state index is 12.1. The molecule has 1 aromatic heterocycles. The van der Waals surface area contributed by atoms with Crippen molar-refractivity contribution in [2.75, 3.05) is 18.4 Å². The molecule has 0 unspecified atom stereocenters. The van der Waals surface area contributed by atoms with Crippen molar-refractivity contribution in [1.29, 1.82) is 0 Å². The fourth-order valence-electron chi connectivity index (χ4n) is 2.10. The van der Waals surface area contributed by atoms with Crippen molar-refractivity contribution < 1.29 is 4.79 Å². The summed E-state index contributed by atoms with van der Waals surface area (Å²) in [6.45, 7) is 5.72. The topological polar surface area (TPSA) is 66.9 Å². The molecule has 0 saturated heterocycles. The number of nitrogens with zero attached hydrogens (tertiary/aromatic N) is 2. The van der Waals surface area contributed by atoms with Crippen LogP contribution in [0.2, 0.25) is 0 Å². The Morgan fingerprint density at radius 2 is 1.91 bits per heavy atom. The normalized spacial score (nSPS) is 10.6. The Balaban J connectivity index is 1.82. The molecule has 1 amide bonds. The number of carbonyl (C=O) groups excluding carboxylic acids is 1. The lowest BCUT2D eigenvalue weighted by Gasteiger charge is -2.08. The lowest BCUT2D eigenvalue weighted by molar-refractivity contribution is 0.0949. The van der Waals surface area contributed by atoms with Crippen molar-refractivity contribution >= 4 is 11.9 Å². The first-order chi connectivity index (χ1) is 11.1. The van der Waals surface area contributed by atoms with E-state index in [2.05, 4.69) is 34.4 Å². The second-order valence-electron chi connectivity index (χ2n) is 5.87. The van der Waals surface area contributed by atoms with E-state index in [-0.39, 0.29) is 5.91 Å². The molecular weight excluding hydrogens is 288 g/mol. The van der Waals surface area contributed by atoms with E-state index < -0.39 is 0 Å². The molecule has 2 aromatic rings. The number of anilines is 1. The number of nitrogens with one attached hydrogen (secondary N) is 2. The summed E-state index contributed by atoms with van der Waals surface area (Å²) in [5.41, 5.74) is 1.59. The van der Waals surface area contributed by atoms with Gasteiger partial charge in [-0.05, 0) is 30.4 Å². The molecule has 0 fully saturated rings. The minimum atomic E-state index is -0.171. The standard InChI is InChI=1S/C18H24N4O/c1-14(2)8-11-20-18-21-13-10-16(22-18)17(23)19-12-9-15-6-4-3-5-7-15/h3-7,10,13-14H,8-9,11-12H2,1-2H3,(H,19,23)(H,20,21,22). The third-order valence-corrected chi connectivity index (χ3v) is 3.44. The molecule has 1 aromatic carbocycles. The van der Waals surface area contributed by atoms with Crippen molar-refractivity contribution in [3.05, 3.63) is 53.9 Å². The average Bonchev–Trinajstić information content (AvgIpc) is 2.56. The van der Waals surface area contributed by atoms with Crippen LogP contribution in [0.4, 0.5) is 5.95 Å². The molecule has 0 aliphatic heterocycles. The monoisotopic (exact) mass is 312 g/mol. The molecule has 0 aliphatic rings. The Morgan fingerprint density at radius 3 is 2.65 bits per heavy atom. The van der Waals surface area contributed by atoms with E-state index in [1.54, 1.807) is 12.3 Å². The molecule has 122 valence electrons. The summed E-state index contributed by atoms with van der Waals surface area (Å²) in [7, 11) is 0. The van der Waals surface area contributed by atoms with Crippen molar-refractivity contribution in [3.8, 4) is 0 Å². The fourth-order valence-corrected chi connectivity index (χ4v) is 2.10. The van der Waals surface area contributed by atoms with Gasteiger partial charge in [-0.2, -0.15) is 0 Å². The van der Waals surface area contributed by atoms with Gasteiger partial charge in [0.25, 0.3) is 5.91 Å². The van der Waals surface area contributed by atoms with Crippen molar-refractivity contribution in [2.24, 2.45) is 5.92 Å². The van der Waals surface area contributed by atoms with Gasteiger partial charge in [-0.1, -0.05) is 44.2 Å². The van der Waals surface area contributed by atoms with Gasteiger partial charge < -0.3 is 10.6 Å². The Hall–Kier alpha value is -2.43. The molecule has 0 radical (unpaired) electrons. The molecule has 0 atom stereocenters. The molecule has 0 spiro atoms. The lowest BCUT2D eigenvalue weighted by Crippen LogP contribution is -2.27. The van der Waals surface area contributed by atoms with Gasteiger partial charge in [0.1, 0.15) is 5.69 Å². The molecule has 23 heavy (non-hydrogen) atoms. The zero-order valence-corrected chi connectivity index (χ0v) is 13.7. The van der Waals surface area contributed by atoms with Crippen LogP contribution in [0, 0.1) is 5.92 Å². The highest BCUT2D eigenvalue weighted by Crippen LogP contribution is 2.04.